The average Bonchev–Trinajstić information content (AvgIpc) is 1.36. The molecule has 0 saturated heterocycles. The van der Waals surface area contributed by atoms with Crippen molar-refractivity contribution in [1.82, 2.24) is 0 Å². The highest BCUT2D eigenvalue weighted by atomic mass is 33.6. The summed E-state index contributed by atoms with van der Waals surface area (Å²) in [5.74, 6) is 0. The second-order valence-electron chi connectivity index (χ2n) is 0.434. The second-order valence-corrected chi connectivity index (χ2v) is 6.47. The Bertz CT molecular complexity index is 71.5. The van der Waals surface area contributed by atoms with Gasteiger partial charge in [-0.05, 0) is 11.2 Å². The minimum Gasteiger partial charge on any atom is -0.317 e. The molecule has 1 N–H and O–H groups in total. The van der Waals surface area contributed by atoms with Crippen molar-refractivity contribution in [1.29, 1.82) is 0 Å². The monoisotopic (exact) mass is 162 g/mol. The molecule has 38 valence electrons. The van der Waals surface area contributed by atoms with Crippen LogP contribution in [0.1, 0.15) is 0 Å². The minimum absolute atomic E-state index is 1.45. The molecule has 0 aromatic carbocycles. The van der Waals surface area contributed by atoms with Gasteiger partial charge < -0.3 is 4.55 Å². The third kappa shape index (κ3) is 3.23. The molecule has 0 bridgehead atoms. The molecule has 0 spiro atoms. The summed E-state index contributed by atoms with van der Waals surface area (Å²) >= 11 is 7.43. The maximum Gasteiger partial charge on any atom is 0.167 e. The van der Waals surface area contributed by atoms with Crippen molar-refractivity contribution < 1.29 is 8.76 Å². The number of thiol groups is 1. The van der Waals surface area contributed by atoms with Crippen LogP contribution in [0.5, 0.6) is 0 Å². The first-order valence-electron chi connectivity index (χ1n) is 0.865. The molecule has 0 saturated carbocycles. The van der Waals surface area contributed by atoms with Gasteiger partial charge in [0.15, 0.2) is 8.86 Å². The standard InChI is InChI=1S/H2O2S4/c1-5(3)6(2)4/h(H,1,3)(H,2,4). The summed E-state index contributed by atoms with van der Waals surface area (Å²) in [5, 5.41) is 0. The summed E-state index contributed by atoms with van der Waals surface area (Å²) in [6.07, 6.45) is 0. The summed E-state index contributed by atoms with van der Waals surface area (Å²) < 4.78 is 17.9. The first kappa shape index (κ1) is 7.03. The molecular weight excluding hydrogens is 160 g/mol. The van der Waals surface area contributed by atoms with E-state index in [1.165, 1.54) is 0 Å². The summed E-state index contributed by atoms with van der Waals surface area (Å²) in [6.45, 7) is 0. The SMILES string of the molecule is O=S(S)S(O)=S. The third-order valence-electron chi connectivity index (χ3n) is 0.122. The van der Waals surface area contributed by atoms with Gasteiger partial charge in [0.1, 0.15) is 8.77 Å². The fraction of sp³-hybridized carbons (Fsp3) is 0. The Labute approximate surface area is 49.4 Å². The second kappa shape index (κ2) is 3.09. The molecule has 0 fully saturated rings. The van der Waals surface area contributed by atoms with Crippen LogP contribution < -0.4 is 0 Å². The quantitative estimate of drug-likeness (QED) is 0.422. The van der Waals surface area contributed by atoms with Crippen LogP contribution in [0, 0.1) is 0 Å². The molecule has 2 atom stereocenters. The first-order chi connectivity index (χ1) is 2.64. The van der Waals surface area contributed by atoms with Crippen molar-refractivity contribution in [3.63, 3.8) is 0 Å². The number of rotatable bonds is 1. The predicted molar refractivity (Wildman–Crippen MR) is 34.5 cm³/mol. The fourth-order valence-corrected chi connectivity index (χ4v) is 0. The van der Waals surface area contributed by atoms with Crippen molar-refractivity contribution in [2.75, 3.05) is 0 Å². The molecule has 0 aromatic heterocycles. The highest BCUT2D eigenvalue weighted by molar-refractivity contribution is 8.99. The van der Waals surface area contributed by atoms with Crippen molar-refractivity contribution in [3.8, 4) is 0 Å². The van der Waals surface area contributed by atoms with Gasteiger partial charge in [-0.1, -0.05) is 11.7 Å². The lowest BCUT2D eigenvalue weighted by atomic mass is 15.9. The van der Waals surface area contributed by atoms with Gasteiger partial charge in [0.25, 0.3) is 0 Å². The largest absolute Gasteiger partial charge is 0.317 e. The van der Waals surface area contributed by atoms with E-state index in [9.17, 15) is 4.21 Å². The van der Waals surface area contributed by atoms with Gasteiger partial charge in [0.2, 0.25) is 0 Å². The molecule has 6 heavy (non-hydrogen) atoms. The zero-order valence-corrected chi connectivity index (χ0v) is 5.87. The van der Waals surface area contributed by atoms with E-state index in [2.05, 4.69) is 22.8 Å². The topological polar surface area (TPSA) is 37.3 Å². The Morgan fingerprint density at radius 1 is 1.83 bits per heavy atom. The Morgan fingerprint density at radius 3 is 2.00 bits per heavy atom. The zero-order chi connectivity index (χ0) is 5.15. The molecular formula is H2O2S4. The van der Waals surface area contributed by atoms with E-state index in [0.717, 1.165) is 0 Å². The average molecular weight is 162 g/mol. The van der Waals surface area contributed by atoms with Crippen LogP contribution in [0.15, 0.2) is 0 Å². The number of hydrogen-bond acceptors (Lipinski definition) is 2. The smallest absolute Gasteiger partial charge is 0.167 e. The van der Waals surface area contributed by atoms with Gasteiger partial charge in [-0.15, -0.1) is 0 Å². The van der Waals surface area contributed by atoms with Crippen LogP contribution in [0.25, 0.3) is 0 Å². The van der Waals surface area contributed by atoms with E-state index < -0.39 is 17.6 Å². The molecule has 0 aliphatic carbocycles. The molecule has 2 unspecified atom stereocenters. The molecule has 6 heteroatoms. The van der Waals surface area contributed by atoms with Gasteiger partial charge in [0, 0.05) is 0 Å². The van der Waals surface area contributed by atoms with E-state index in [1.807, 2.05) is 0 Å². The molecule has 0 radical (unpaired) electrons. The zero-order valence-electron chi connectivity index (χ0n) is 2.53. The Morgan fingerprint density at radius 2 is 2.00 bits per heavy atom. The Balaban J connectivity index is 3.57. The van der Waals surface area contributed by atoms with E-state index in [-0.39, 0.29) is 0 Å². The van der Waals surface area contributed by atoms with Gasteiger partial charge >= 0.3 is 0 Å². The van der Waals surface area contributed by atoms with E-state index in [0.29, 0.717) is 0 Å². The summed E-state index contributed by atoms with van der Waals surface area (Å²) in [4.78, 5) is 0. The van der Waals surface area contributed by atoms with Gasteiger partial charge in [-0.3, -0.25) is 0 Å². The van der Waals surface area contributed by atoms with Crippen LogP contribution in [0.4, 0.5) is 0 Å². The van der Waals surface area contributed by atoms with Crippen molar-refractivity contribution >= 4 is 40.5 Å². The van der Waals surface area contributed by atoms with Crippen molar-refractivity contribution in [2.24, 2.45) is 0 Å². The fourth-order valence-electron chi connectivity index (χ4n) is 0. The van der Waals surface area contributed by atoms with Gasteiger partial charge in [0.05, 0.1) is 0 Å². The summed E-state index contributed by atoms with van der Waals surface area (Å²) in [7, 11) is -2.97. The predicted octanol–water partition coefficient (Wildman–Crippen LogP) is 0.0481. The maximum absolute atomic E-state index is 9.78. The molecule has 0 aliphatic rings. The lowest BCUT2D eigenvalue weighted by Gasteiger charge is -1.79. The van der Waals surface area contributed by atoms with Crippen molar-refractivity contribution in [3.05, 3.63) is 0 Å². The molecule has 0 aliphatic heterocycles. The van der Waals surface area contributed by atoms with Gasteiger partial charge in [-0.25, -0.2) is 4.21 Å². The van der Waals surface area contributed by atoms with Crippen LogP contribution in [0.2, 0.25) is 0 Å². The van der Waals surface area contributed by atoms with Crippen molar-refractivity contribution in [2.45, 2.75) is 0 Å². The van der Waals surface area contributed by atoms with Gasteiger partial charge in [-0.2, -0.15) is 0 Å². The Kier molecular flexibility index (Phi) is 3.62. The molecule has 2 nitrogen and oxygen atoms in total. The normalized spacial score (nSPS) is 19.7. The highest BCUT2D eigenvalue weighted by Crippen LogP contribution is 1.89. The van der Waals surface area contributed by atoms with Crippen LogP contribution in [0.3, 0.4) is 0 Å². The maximum atomic E-state index is 9.78. The summed E-state index contributed by atoms with van der Waals surface area (Å²) in [5.41, 5.74) is 0. The lowest BCUT2D eigenvalue weighted by Crippen LogP contribution is -1.83. The number of hydrogen-bond donors (Lipinski definition) is 2. The first-order valence-corrected chi connectivity index (χ1v) is 5.69. The minimum atomic E-state index is -1.52. The highest BCUT2D eigenvalue weighted by Gasteiger charge is 1.88. The lowest BCUT2D eigenvalue weighted by molar-refractivity contribution is 0.661. The molecule has 0 aromatic rings. The summed E-state index contributed by atoms with van der Waals surface area (Å²) in [6, 6.07) is 0. The molecule has 0 heterocycles. The third-order valence-corrected chi connectivity index (χ3v) is 4.39. The molecule has 0 rings (SSSR count). The Hall–Kier alpha value is 1.03. The van der Waals surface area contributed by atoms with E-state index >= 15 is 0 Å². The van der Waals surface area contributed by atoms with Crippen LogP contribution in [-0.4, -0.2) is 8.76 Å². The van der Waals surface area contributed by atoms with E-state index in [1.54, 1.807) is 0 Å². The molecule has 0 amide bonds. The van der Waals surface area contributed by atoms with Crippen LogP contribution in [-0.2, 0) is 28.8 Å². The van der Waals surface area contributed by atoms with Crippen LogP contribution >= 0.6 is 11.7 Å². The van der Waals surface area contributed by atoms with E-state index in [4.69, 9.17) is 4.55 Å².